The number of imidazole rings is 1. The molecule has 80 valence electrons. The Labute approximate surface area is 94.6 Å². The van der Waals surface area contributed by atoms with Crippen LogP contribution in [0.3, 0.4) is 0 Å². The van der Waals surface area contributed by atoms with Gasteiger partial charge in [0.1, 0.15) is 0 Å². The van der Waals surface area contributed by atoms with Crippen molar-refractivity contribution in [1.29, 1.82) is 0 Å². The zero-order valence-electron chi connectivity index (χ0n) is 9.45. The molecule has 0 aromatic carbocycles. The van der Waals surface area contributed by atoms with Gasteiger partial charge in [-0.05, 0) is 32.4 Å². The summed E-state index contributed by atoms with van der Waals surface area (Å²) in [4.78, 5) is 7.17. The molecule has 0 amide bonds. The van der Waals surface area contributed by atoms with Crippen LogP contribution >= 0.6 is 11.3 Å². The Morgan fingerprint density at radius 3 is 2.53 bits per heavy atom. The molecule has 2 aromatic rings. The Hall–Kier alpha value is -1.09. The van der Waals surface area contributed by atoms with E-state index in [1.54, 1.807) is 0 Å². The van der Waals surface area contributed by atoms with Crippen molar-refractivity contribution in [2.75, 3.05) is 0 Å². The lowest BCUT2D eigenvalue weighted by Gasteiger charge is -2.02. The summed E-state index contributed by atoms with van der Waals surface area (Å²) < 4.78 is 2.21. The topological polar surface area (TPSA) is 17.8 Å². The fraction of sp³-hybridized carbons (Fsp3) is 0.417. The Kier molecular flexibility index (Phi) is 2.91. The van der Waals surface area contributed by atoms with Crippen LogP contribution in [0.25, 0.3) is 0 Å². The Balaban J connectivity index is 2.18. The molecule has 3 heteroatoms. The van der Waals surface area contributed by atoms with Crippen LogP contribution in [0.1, 0.15) is 28.1 Å². The zero-order valence-corrected chi connectivity index (χ0v) is 10.3. The molecule has 0 fully saturated rings. The van der Waals surface area contributed by atoms with Gasteiger partial charge < -0.3 is 4.57 Å². The van der Waals surface area contributed by atoms with Gasteiger partial charge in [-0.1, -0.05) is 6.92 Å². The number of aromatic nitrogens is 2. The Morgan fingerprint density at radius 1 is 1.27 bits per heavy atom. The molecule has 15 heavy (non-hydrogen) atoms. The maximum absolute atomic E-state index is 4.31. The minimum absolute atomic E-state index is 0.956. The van der Waals surface area contributed by atoms with E-state index in [-0.39, 0.29) is 0 Å². The largest absolute Gasteiger partial charge is 0.329 e. The molecule has 2 nitrogen and oxygen atoms in total. The molecule has 0 atom stereocenters. The van der Waals surface area contributed by atoms with E-state index in [0.717, 1.165) is 18.7 Å². The fourth-order valence-corrected chi connectivity index (χ4v) is 2.53. The van der Waals surface area contributed by atoms with E-state index < -0.39 is 0 Å². The van der Waals surface area contributed by atoms with E-state index in [1.165, 1.54) is 15.4 Å². The maximum atomic E-state index is 4.31. The van der Waals surface area contributed by atoms with Crippen molar-refractivity contribution < 1.29 is 0 Å². The summed E-state index contributed by atoms with van der Waals surface area (Å²) in [5.74, 6) is 0. The first-order valence-electron chi connectivity index (χ1n) is 5.26. The van der Waals surface area contributed by atoms with Crippen LogP contribution in [0.4, 0.5) is 0 Å². The quantitative estimate of drug-likeness (QED) is 0.777. The highest BCUT2D eigenvalue weighted by Gasteiger charge is 2.04. The number of nitrogens with zero attached hydrogens (tertiary/aromatic N) is 2. The lowest BCUT2D eigenvalue weighted by Crippen LogP contribution is -1.98. The highest BCUT2D eigenvalue weighted by atomic mass is 32.1. The van der Waals surface area contributed by atoms with Gasteiger partial charge in [0.2, 0.25) is 0 Å². The Morgan fingerprint density at radius 2 is 2.00 bits per heavy atom. The minimum atomic E-state index is 0.956. The van der Waals surface area contributed by atoms with Gasteiger partial charge in [-0.3, -0.25) is 0 Å². The lowest BCUT2D eigenvalue weighted by molar-refractivity contribution is 0.779. The van der Waals surface area contributed by atoms with Crippen molar-refractivity contribution in [2.45, 2.75) is 33.7 Å². The van der Waals surface area contributed by atoms with Crippen molar-refractivity contribution in [3.8, 4) is 0 Å². The molecule has 0 saturated carbocycles. The van der Waals surface area contributed by atoms with Gasteiger partial charge in [-0.25, -0.2) is 4.98 Å². The van der Waals surface area contributed by atoms with Crippen LogP contribution < -0.4 is 0 Å². The molecule has 2 aromatic heterocycles. The third-order valence-corrected chi connectivity index (χ3v) is 3.95. The van der Waals surface area contributed by atoms with Gasteiger partial charge in [0.25, 0.3) is 0 Å². The van der Waals surface area contributed by atoms with Crippen LogP contribution in [-0.2, 0) is 13.0 Å². The second kappa shape index (κ2) is 4.19. The van der Waals surface area contributed by atoms with Crippen LogP contribution in [0.2, 0.25) is 0 Å². The molecule has 0 radical (unpaired) electrons. The average molecular weight is 220 g/mol. The zero-order chi connectivity index (χ0) is 10.8. The molecular weight excluding hydrogens is 204 g/mol. The summed E-state index contributed by atoms with van der Waals surface area (Å²) >= 11 is 1.90. The van der Waals surface area contributed by atoms with E-state index in [4.69, 9.17) is 0 Å². The molecule has 0 N–H and O–H groups in total. The molecule has 0 aliphatic rings. The molecule has 0 saturated heterocycles. The highest BCUT2D eigenvalue weighted by molar-refractivity contribution is 7.11. The molecule has 0 unspecified atom stereocenters. The summed E-state index contributed by atoms with van der Waals surface area (Å²) in [7, 11) is 0. The number of aryl methyl sites for hydroxylation is 2. The average Bonchev–Trinajstić information content (AvgIpc) is 2.80. The molecule has 2 rings (SSSR count). The summed E-state index contributed by atoms with van der Waals surface area (Å²) in [5.41, 5.74) is 2.39. The first kappa shape index (κ1) is 10.4. The van der Waals surface area contributed by atoms with Crippen LogP contribution in [0, 0.1) is 13.8 Å². The molecule has 0 spiro atoms. The number of rotatable bonds is 3. The molecule has 0 bridgehead atoms. The van der Waals surface area contributed by atoms with E-state index in [9.17, 15) is 0 Å². The second-order valence-corrected chi connectivity index (χ2v) is 5.02. The number of thiophene rings is 1. The third-order valence-electron chi connectivity index (χ3n) is 2.74. The minimum Gasteiger partial charge on any atom is -0.329 e. The maximum Gasteiger partial charge on any atom is 0.0954 e. The Bertz CT molecular complexity index is 454. The predicted octanol–water partition coefficient (Wildman–Crippen LogP) is 3.17. The monoisotopic (exact) mass is 220 g/mol. The SMILES string of the molecule is CCc1ccc(Cn2cnc(C)c2C)s1. The van der Waals surface area contributed by atoms with Gasteiger partial charge >= 0.3 is 0 Å². The molecule has 0 aliphatic heterocycles. The van der Waals surface area contributed by atoms with Gasteiger partial charge in [-0.2, -0.15) is 0 Å². The van der Waals surface area contributed by atoms with Gasteiger partial charge in [0, 0.05) is 15.4 Å². The summed E-state index contributed by atoms with van der Waals surface area (Å²) in [5, 5.41) is 0. The van der Waals surface area contributed by atoms with E-state index >= 15 is 0 Å². The van der Waals surface area contributed by atoms with Crippen molar-refractivity contribution in [3.63, 3.8) is 0 Å². The van der Waals surface area contributed by atoms with Crippen LogP contribution in [0.5, 0.6) is 0 Å². The number of hydrogen-bond acceptors (Lipinski definition) is 2. The van der Waals surface area contributed by atoms with Gasteiger partial charge in [0.15, 0.2) is 0 Å². The number of hydrogen-bond donors (Lipinski definition) is 0. The smallest absolute Gasteiger partial charge is 0.0954 e. The predicted molar refractivity (Wildman–Crippen MR) is 64.5 cm³/mol. The third kappa shape index (κ3) is 2.12. The van der Waals surface area contributed by atoms with Crippen LogP contribution in [-0.4, -0.2) is 9.55 Å². The van der Waals surface area contributed by atoms with Crippen molar-refractivity contribution in [3.05, 3.63) is 39.6 Å². The molecule has 2 heterocycles. The van der Waals surface area contributed by atoms with Gasteiger partial charge in [0.05, 0.1) is 18.6 Å². The molecule has 0 aliphatic carbocycles. The first-order chi connectivity index (χ1) is 7.20. The summed E-state index contributed by atoms with van der Waals surface area (Å²) in [6, 6.07) is 4.44. The summed E-state index contributed by atoms with van der Waals surface area (Å²) in [6.07, 6.45) is 3.06. The van der Waals surface area contributed by atoms with E-state index in [1.807, 2.05) is 17.7 Å². The van der Waals surface area contributed by atoms with Crippen molar-refractivity contribution in [1.82, 2.24) is 9.55 Å². The molecular formula is C12H16N2S. The first-order valence-corrected chi connectivity index (χ1v) is 6.08. The lowest BCUT2D eigenvalue weighted by atomic mass is 10.3. The highest BCUT2D eigenvalue weighted by Crippen LogP contribution is 2.19. The van der Waals surface area contributed by atoms with Gasteiger partial charge in [-0.15, -0.1) is 11.3 Å². The normalized spacial score (nSPS) is 10.9. The summed E-state index contributed by atoms with van der Waals surface area (Å²) in [6.45, 7) is 7.33. The van der Waals surface area contributed by atoms with Crippen molar-refractivity contribution >= 4 is 11.3 Å². The fourth-order valence-electron chi connectivity index (χ4n) is 1.57. The van der Waals surface area contributed by atoms with E-state index in [0.29, 0.717) is 0 Å². The van der Waals surface area contributed by atoms with Crippen LogP contribution in [0.15, 0.2) is 18.5 Å². The standard InChI is InChI=1S/C12H16N2S/c1-4-11-5-6-12(15-11)7-14-8-13-9(2)10(14)3/h5-6,8H,4,7H2,1-3H3. The van der Waals surface area contributed by atoms with E-state index in [2.05, 4.69) is 42.5 Å². The van der Waals surface area contributed by atoms with Crippen molar-refractivity contribution in [2.24, 2.45) is 0 Å². The second-order valence-electron chi connectivity index (χ2n) is 3.76.